The molecule has 1 N–H and O–H groups in total. The van der Waals surface area contributed by atoms with E-state index in [4.69, 9.17) is 0 Å². The summed E-state index contributed by atoms with van der Waals surface area (Å²) in [7, 11) is 1.40. The first kappa shape index (κ1) is 15.9. The molecule has 0 spiro atoms. The zero-order valence-electron chi connectivity index (χ0n) is 11.1. The summed E-state index contributed by atoms with van der Waals surface area (Å²) in [6.45, 7) is 2.84. The van der Waals surface area contributed by atoms with Gasteiger partial charge in [0.25, 0.3) is 0 Å². The lowest BCUT2D eigenvalue weighted by Gasteiger charge is -2.04. The summed E-state index contributed by atoms with van der Waals surface area (Å²) < 4.78 is 4.54. The van der Waals surface area contributed by atoms with Crippen LogP contribution in [0.5, 0.6) is 0 Å². The van der Waals surface area contributed by atoms with Gasteiger partial charge in [-0.15, -0.1) is 0 Å². The molecule has 0 fully saturated rings. The zero-order chi connectivity index (χ0) is 12.9. The molecule has 0 atom stereocenters. The number of nitrogens with one attached hydrogen (secondary N) is 1. The van der Waals surface area contributed by atoms with Crippen LogP contribution in [-0.4, -0.2) is 25.5 Å². The van der Waals surface area contributed by atoms with Gasteiger partial charge in [0, 0.05) is 19.4 Å². The van der Waals surface area contributed by atoms with Gasteiger partial charge >= 0.3 is 5.97 Å². The van der Waals surface area contributed by atoms with Crippen molar-refractivity contribution in [2.75, 3.05) is 13.7 Å². The van der Waals surface area contributed by atoms with E-state index in [9.17, 15) is 9.59 Å². The molecule has 0 rings (SSSR count). The maximum Gasteiger partial charge on any atom is 0.305 e. The maximum absolute atomic E-state index is 11.3. The first-order valence-electron chi connectivity index (χ1n) is 6.54. The Morgan fingerprint density at radius 3 is 2.35 bits per heavy atom. The maximum atomic E-state index is 11.3. The van der Waals surface area contributed by atoms with Crippen LogP contribution in [-0.2, 0) is 14.3 Å². The van der Waals surface area contributed by atoms with Gasteiger partial charge in [-0.2, -0.15) is 0 Å². The Morgan fingerprint density at radius 2 is 1.71 bits per heavy atom. The summed E-state index contributed by atoms with van der Waals surface area (Å²) in [5.74, 6) is -0.0139. The molecule has 1 amide bonds. The highest BCUT2D eigenvalue weighted by atomic mass is 16.5. The van der Waals surface area contributed by atoms with Gasteiger partial charge < -0.3 is 10.1 Å². The van der Waals surface area contributed by atoms with E-state index in [1.54, 1.807) is 0 Å². The number of unbranched alkanes of at least 4 members (excludes halogenated alkanes) is 4. The highest BCUT2D eigenvalue weighted by molar-refractivity contribution is 5.75. The van der Waals surface area contributed by atoms with E-state index in [1.165, 1.54) is 7.11 Å². The standard InChI is InChI=1S/C13H25NO3/c1-3-4-6-9-12(15)14-11-8-5-7-10-13(16)17-2/h3-11H2,1-2H3,(H,14,15). The normalized spacial score (nSPS) is 10.0. The van der Waals surface area contributed by atoms with E-state index in [-0.39, 0.29) is 11.9 Å². The Kier molecular flexibility index (Phi) is 10.7. The Morgan fingerprint density at radius 1 is 1.00 bits per heavy atom. The summed E-state index contributed by atoms with van der Waals surface area (Å²) >= 11 is 0. The minimum absolute atomic E-state index is 0.145. The Bertz CT molecular complexity index is 217. The first-order valence-corrected chi connectivity index (χ1v) is 6.54. The SMILES string of the molecule is CCCCCC(=O)NCCCCCC(=O)OC. The predicted octanol–water partition coefficient (Wildman–Crippen LogP) is 2.42. The predicted molar refractivity (Wildman–Crippen MR) is 67.6 cm³/mol. The largest absolute Gasteiger partial charge is 0.469 e. The first-order chi connectivity index (χ1) is 8.20. The van der Waals surface area contributed by atoms with Crippen LogP contribution in [0.15, 0.2) is 0 Å². The van der Waals surface area contributed by atoms with Crippen LogP contribution in [0.25, 0.3) is 0 Å². The number of hydrogen-bond donors (Lipinski definition) is 1. The molecule has 17 heavy (non-hydrogen) atoms. The van der Waals surface area contributed by atoms with Gasteiger partial charge in [0.05, 0.1) is 7.11 Å². The van der Waals surface area contributed by atoms with Crippen LogP contribution < -0.4 is 5.32 Å². The average molecular weight is 243 g/mol. The molecule has 0 saturated heterocycles. The molecule has 0 bridgehead atoms. The van der Waals surface area contributed by atoms with Crippen molar-refractivity contribution < 1.29 is 14.3 Å². The van der Waals surface area contributed by atoms with E-state index in [0.29, 0.717) is 19.4 Å². The highest BCUT2D eigenvalue weighted by Gasteiger charge is 2.01. The van der Waals surface area contributed by atoms with Crippen molar-refractivity contribution in [3.8, 4) is 0 Å². The quantitative estimate of drug-likeness (QED) is 0.473. The van der Waals surface area contributed by atoms with Crippen molar-refractivity contribution in [1.29, 1.82) is 0 Å². The van der Waals surface area contributed by atoms with E-state index < -0.39 is 0 Å². The van der Waals surface area contributed by atoms with Crippen LogP contribution in [0, 0.1) is 0 Å². The molecule has 0 aromatic carbocycles. The summed E-state index contributed by atoms with van der Waals surface area (Å²) in [5, 5.41) is 2.89. The second-order valence-corrected chi connectivity index (χ2v) is 4.19. The third-order valence-electron chi connectivity index (χ3n) is 2.61. The van der Waals surface area contributed by atoms with Gasteiger partial charge in [-0.1, -0.05) is 26.2 Å². The van der Waals surface area contributed by atoms with Crippen LogP contribution >= 0.6 is 0 Å². The van der Waals surface area contributed by atoms with Gasteiger partial charge in [-0.25, -0.2) is 0 Å². The number of methoxy groups -OCH3 is 1. The van der Waals surface area contributed by atoms with Crippen LogP contribution in [0.4, 0.5) is 0 Å². The molecule has 0 aromatic rings. The molecule has 0 aromatic heterocycles. The van der Waals surface area contributed by atoms with Crippen molar-refractivity contribution in [1.82, 2.24) is 5.32 Å². The molecular weight excluding hydrogens is 218 g/mol. The molecule has 0 unspecified atom stereocenters. The highest BCUT2D eigenvalue weighted by Crippen LogP contribution is 2.01. The fourth-order valence-electron chi connectivity index (χ4n) is 1.52. The minimum Gasteiger partial charge on any atom is -0.469 e. The van der Waals surface area contributed by atoms with Gasteiger partial charge in [-0.05, 0) is 19.3 Å². The molecule has 4 nitrogen and oxygen atoms in total. The van der Waals surface area contributed by atoms with Gasteiger partial charge in [0.1, 0.15) is 0 Å². The second kappa shape index (κ2) is 11.4. The molecular formula is C13H25NO3. The number of esters is 1. The van der Waals surface area contributed by atoms with E-state index in [1.807, 2.05) is 0 Å². The molecule has 0 saturated carbocycles. The van der Waals surface area contributed by atoms with Gasteiger partial charge in [-0.3, -0.25) is 9.59 Å². The lowest BCUT2D eigenvalue weighted by molar-refractivity contribution is -0.140. The van der Waals surface area contributed by atoms with Gasteiger partial charge in [0.2, 0.25) is 5.91 Å². The number of amides is 1. The van der Waals surface area contributed by atoms with Crippen LogP contribution in [0.3, 0.4) is 0 Å². The molecule has 4 heteroatoms. The third-order valence-corrected chi connectivity index (χ3v) is 2.61. The summed E-state index contributed by atoms with van der Waals surface area (Å²) in [6.07, 6.45) is 7.05. The zero-order valence-corrected chi connectivity index (χ0v) is 11.1. The van der Waals surface area contributed by atoms with E-state index in [2.05, 4.69) is 17.0 Å². The van der Waals surface area contributed by atoms with Crippen molar-refractivity contribution in [3.63, 3.8) is 0 Å². The Hall–Kier alpha value is -1.06. The van der Waals surface area contributed by atoms with Crippen molar-refractivity contribution in [2.24, 2.45) is 0 Å². The number of ether oxygens (including phenoxy) is 1. The van der Waals surface area contributed by atoms with E-state index in [0.717, 1.165) is 38.5 Å². The second-order valence-electron chi connectivity index (χ2n) is 4.19. The lowest BCUT2D eigenvalue weighted by Crippen LogP contribution is -2.23. The smallest absolute Gasteiger partial charge is 0.305 e. The number of hydrogen-bond acceptors (Lipinski definition) is 3. The number of carbonyl (C=O) groups is 2. The van der Waals surface area contributed by atoms with Crippen molar-refractivity contribution in [2.45, 2.75) is 58.3 Å². The molecule has 0 radical (unpaired) electrons. The number of carbonyl (C=O) groups excluding carboxylic acids is 2. The summed E-state index contributed by atoms with van der Waals surface area (Å²) in [5.41, 5.74) is 0. The molecule has 100 valence electrons. The van der Waals surface area contributed by atoms with Crippen molar-refractivity contribution in [3.05, 3.63) is 0 Å². The lowest BCUT2D eigenvalue weighted by atomic mass is 10.2. The molecule has 0 aliphatic carbocycles. The average Bonchev–Trinajstić information content (AvgIpc) is 2.33. The fourth-order valence-corrected chi connectivity index (χ4v) is 1.52. The molecule has 0 heterocycles. The van der Waals surface area contributed by atoms with Crippen molar-refractivity contribution >= 4 is 11.9 Å². The number of rotatable bonds is 10. The summed E-state index contributed by atoms with van der Waals surface area (Å²) in [4.78, 5) is 22.1. The topological polar surface area (TPSA) is 55.4 Å². The minimum atomic E-state index is -0.159. The Labute approximate surface area is 104 Å². The third kappa shape index (κ3) is 11.2. The van der Waals surface area contributed by atoms with Crippen LogP contribution in [0.1, 0.15) is 58.3 Å². The molecule has 0 aliphatic rings. The van der Waals surface area contributed by atoms with Gasteiger partial charge in [0.15, 0.2) is 0 Å². The molecule has 0 aliphatic heterocycles. The fraction of sp³-hybridized carbons (Fsp3) is 0.846. The summed E-state index contributed by atoms with van der Waals surface area (Å²) in [6, 6.07) is 0. The Balaban J connectivity index is 3.22. The van der Waals surface area contributed by atoms with Crippen LogP contribution in [0.2, 0.25) is 0 Å². The van der Waals surface area contributed by atoms with E-state index >= 15 is 0 Å². The monoisotopic (exact) mass is 243 g/mol.